The van der Waals surface area contributed by atoms with Gasteiger partial charge in [-0.05, 0) is 32.2 Å². The molecule has 1 aromatic carbocycles. The number of nitrogens with one attached hydrogen (secondary N) is 3. The highest BCUT2D eigenvalue weighted by atomic mass is 35.5. The van der Waals surface area contributed by atoms with Crippen LogP contribution in [0.5, 0.6) is 0 Å². The molecule has 0 amide bonds. The van der Waals surface area contributed by atoms with Crippen molar-refractivity contribution in [3.63, 3.8) is 0 Å². The van der Waals surface area contributed by atoms with E-state index in [1.54, 1.807) is 6.07 Å². The first-order valence-corrected chi connectivity index (χ1v) is 8.17. The smallest absolute Gasteiger partial charge is 0.229 e. The number of aromatic nitrogens is 3. The van der Waals surface area contributed by atoms with Crippen molar-refractivity contribution in [1.82, 2.24) is 20.4 Å². The van der Waals surface area contributed by atoms with Crippen LogP contribution in [0.3, 0.4) is 0 Å². The minimum atomic E-state index is 0.508. The summed E-state index contributed by atoms with van der Waals surface area (Å²) in [5.41, 5.74) is 3.13. The van der Waals surface area contributed by atoms with E-state index < -0.39 is 0 Å². The molecule has 0 spiro atoms. The summed E-state index contributed by atoms with van der Waals surface area (Å²) < 4.78 is 5.29. The van der Waals surface area contributed by atoms with Crippen LogP contribution in [-0.4, -0.2) is 29.2 Å². The molecule has 0 saturated carbocycles. The van der Waals surface area contributed by atoms with Gasteiger partial charge in [-0.2, -0.15) is 4.98 Å². The van der Waals surface area contributed by atoms with Crippen molar-refractivity contribution in [2.75, 3.05) is 24.7 Å². The van der Waals surface area contributed by atoms with Gasteiger partial charge >= 0.3 is 0 Å². The molecule has 3 N–H and O–H groups in total. The summed E-state index contributed by atoms with van der Waals surface area (Å²) in [4.78, 5) is 8.78. The highest BCUT2D eigenvalue weighted by Gasteiger charge is 2.11. The van der Waals surface area contributed by atoms with E-state index in [-0.39, 0.29) is 0 Å². The summed E-state index contributed by atoms with van der Waals surface area (Å²) in [5, 5.41) is 13.9. The van der Waals surface area contributed by atoms with Crippen molar-refractivity contribution in [1.29, 1.82) is 0 Å². The quantitative estimate of drug-likeness (QED) is 0.620. The first-order valence-electron chi connectivity index (χ1n) is 7.79. The molecule has 8 heteroatoms. The Morgan fingerprint density at radius 2 is 1.96 bits per heavy atom. The molecular weight excluding hydrogens is 340 g/mol. The van der Waals surface area contributed by atoms with E-state index in [0.717, 1.165) is 28.5 Å². The van der Waals surface area contributed by atoms with Gasteiger partial charge < -0.3 is 20.5 Å². The van der Waals surface area contributed by atoms with E-state index in [0.29, 0.717) is 23.2 Å². The van der Waals surface area contributed by atoms with E-state index in [9.17, 15) is 0 Å². The normalized spacial score (nSPS) is 10.7. The Bertz CT molecular complexity index is 879. The van der Waals surface area contributed by atoms with E-state index in [2.05, 4.69) is 31.1 Å². The van der Waals surface area contributed by atoms with Gasteiger partial charge in [0.25, 0.3) is 0 Å². The van der Waals surface area contributed by atoms with Crippen molar-refractivity contribution in [2.24, 2.45) is 0 Å². The third-order valence-electron chi connectivity index (χ3n) is 3.52. The molecule has 2 aromatic heterocycles. The predicted octanol–water partition coefficient (Wildman–Crippen LogP) is 3.60. The number of rotatable bonds is 6. The largest absolute Gasteiger partial charge is 0.373 e. The van der Waals surface area contributed by atoms with Gasteiger partial charge in [0.2, 0.25) is 5.95 Å². The number of hydrogen-bond acceptors (Lipinski definition) is 7. The topological polar surface area (TPSA) is 87.9 Å². The van der Waals surface area contributed by atoms with Crippen molar-refractivity contribution >= 4 is 29.1 Å². The summed E-state index contributed by atoms with van der Waals surface area (Å²) in [6, 6.07) is 9.31. The number of halogens is 1. The van der Waals surface area contributed by atoms with E-state index in [4.69, 9.17) is 16.1 Å². The summed E-state index contributed by atoms with van der Waals surface area (Å²) >= 11 is 6.33. The van der Waals surface area contributed by atoms with Gasteiger partial charge in [-0.1, -0.05) is 16.8 Å². The number of nitrogens with zero attached hydrogens (tertiary/aromatic N) is 3. The number of hydrogen-bond donors (Lipinski definition) is 3. The second kappa shape index (κ2) is 7.50. The zero-order chi connectivity index (χ0) is 17.8. The van der Waals surface area contributed by atoms with Crippen molar-refractivity contribution in [2.45, 2.75) is 13.5 Å². The fourth-order valence-electron chi connectivity index (χ4n) is 2.38. The molecule has 7 nitrogen and oxygen atoms in total. The Balaban J connectivity index is 1.89. The maximum Gasteiger partial charge on any atom is 0.229 e. The molecule has 25 heavy (non-hydrogen) atoms. The number of anilines is 3. The van der Waals surface area contributed by atoms with Gasteiger partial charge in [0.05, 0.1) is 11.6 Å². The molecule has 3 rings (SSSR count). The van der Waals surface area contributed by atoms with Crippen LogP contribution in [0.2, 0.25) is 5.02 Å². The molecule has 0 unspecified atom stereocenters. The maximum absolute atomic E-state index is 6.33. The van der Waals surface area contributed by atoms with Crippen LogP contribution in [0, 0.1) is 6.92 Å². The number of benzene rings is 1. The van der Waals surface area contributed by atoms with Crippen LogP contribution >= 0.6 is 11.6 Å². The molecule has 0 saturated heterocycles. The van der Waals surface area contributed by atoms with Crippen molar-refractivity contribution < 1.29 is 4.52 Å². The minimum Gasteiger partial charge on any atom is -0.373 e. The second-order valence-corrected chi connectivity index (χ2v) is 5.90. The first kappa shape index (κ1) is 17.2. The summed E-state index contributed by atoms with van der Waals surface area (Å²) in [5.74, 6) is 2.00. The molecular formula is C17H19ClN6O. The van der Waals surface area contributed by atoms with E-state index in [1.165, 1.54) is 0 Å². The zero-order valence-corrected chi connectivity index (χ0v) is 15.0. The van der Waals surface area contributed by atoms with Gasteiger partial charge in [0, 0.05) is 36.1 Å². The highest BCUT2D eigenvalue weighted by molar-refractivity contribution is 6.33. The molecule has 0 bridgehead atoms. The average Bonchev–Trinajstić information content (AvgIpc) is 3.05. The van der Waals surface area contributed by atoms with Crippen LogP contribution in [0.4, 0.5) is 17.5 Å². The second-order valence-electron chi connectivity index (χ2n) is 5.50. The molecule has 0 aliphatic heterocycles. The van der Waals surface area contributed by atoms with Crippen LogP contribution in [0.1, 0.15) is 11.5 Å². The third kappa shape index (κ3) is 4.07. The number of aryl methyl sites for hydroxylation is 1. The lowest BCUT2D eigenvalue weighted by Gasteiger charge is -2.09. The molecule has 0 atom stereocenters. The average molecular weight is 359 g/mol. The molecule has 0 radical (unpaired) electrons. The van der Waals surface area contributed by atoms with Gasteiger partial charge in [0.15, 0.2) is 5.76 Å². The van der Waals surface area contributed by atoms with Crippen LogP contribution in [-0.2, 0) is 6.54 Å². The molecule has 0 aliphatic carbocycles. The Kier molecular flexibility index (Phi) is 5.16. The minimum absolute atomic E-state index is 0.508. The Morgan fingerprint density at radius 3 is 2.72 bits per heavy atom. The van der Waals surface area contributed by atoms with Crippen LogP contribution in [0.15, 0.2) is 34.9 Å². The van der Waals surface area contributed by atoms with Gasteiger partial charge in [0.1, 0.15) is 11.5 Å². The molecule has 0 fully saturated rings. The first-order chi connectivity index (χ1) is 12.1. The predicted molar refractivity (Wildman–Crippen MR) is 99.3 cm³/mol. The summed E-state index contributed by atoms with van der Waals surface area (Å²) in [6.45, 7) is 2.52. The van der Waals surface area contributed by atoms with E-state index in [1.807, 2.05) is 45.3 Å². The van der Waals surface area contributed by atoms with Gasteiger partial charge in [-0.15, -0.1) is 0 Å². The lowest BCUT2D eigenvalue weighted by atomic mass is 10.1. The molecule has 3 aromatic rings. The van der Waals surface area contributed by atoms with Crippen molar-refractivity contribution in [3.05, 3.63) is 46.8 Å². The fraction of sp³-hybridized carbons (Fsp3) is 0.235. The molecule has 0 aliphatic rings. The van der Waals surface area contributed by atoms with Crippen molar-refractivity contribution in [3.8, 4) is 11.3 Å². The Hall–Kier alpha value is -2.64. The zero-order valence-electron chi connectivity index (χ0n) is 14.2. The standard InChI is InChI=1S/C17H19ClN6O/c1-10-6-16(20-3)23-17(21-10)22-11-4-5-14(18)13(7-11)15-8-12(9-19-2)25-24-15/h4-8,19H,9H2,1-3H3,(H2,20,21,22,23). The van der Waals surface area contributed by atoms with E-state index >= 15 is 0 Å². The van der Waals surface area contributed by atoms with Crippen LogP contribution < -0.4 is 16.0 Å². The van der Waals surface area contributed by atoms with Crippen LogP contribution in [0.25, 0.3) is 11.3 Å². The molecule has 2 heterocycles. The summed E-state index contributed by atoms with van der Waals surface area (Å²) in [7, 11) is 3.67. The Labute approximate surface area is 150 Å². The highest BCUT2D eigenvalue weighted by Crippen LogP contribution is 2.31. The lowest BCUT2D eigenvalue weighted by molar-refractivity contribution is 0.379. The van der Waals surface area contributed by atoms with Gasteiger partial charge in [-0.25, -0.2) is 4.98 Å². The van der Waals surface area contributed by atoms with Gasteiger partial charge in [-0.3, -0.25) is 0 Å². The maximum atomic E-state index is 6.33. The fourth-order valence-corrected chi connectivity index (χ4v) is 2.59. The molecule has 130 valence electrons. The summed E-state index contributed by atoms with van der Waals surface area (Å²) in [6.07, 6.45) is 0. The Morgan fingerprint density at radius 1 is 1.12 bits per heavy atom. The SMILES string of the molecule is CNCc1cc(-c2cc(Nc3nc(C)cc(NC)n3)ccc2Cl)no1. The third-order valence-corrected chi connectivity index (χ3v) is 3.85. The monoisotopic (exact) mass is 358 g/mol. The lowest BCUT2D eigenvalue weighted by Crippen LogP contribution is -2.03.